The Bertz CT molecular complexity index is 2530. The van der Waals surface area contributed by atoms with Gasteiger partial charge in [-0.15, -0.1) is 0 Å². The zero-order chi connectivity index (χ0) is 49.2. The second-order valence-corrected chi connectivity index (χ2v) is 18.6. The van der Waals surface area contributed by atoms with Crippen LogP contribution in [-0.2, 0) is 20.4 Å². The number of rotatable bonds is 10. The third kappa shape index (κ3) is 12.5. The quantitative estimate of drug-likeness (QED) is 0.101. The van der Waals surface area contributed by atoms with Crippen molar-refractivity contribution in [1.29, 1.82) is 0 Å². The fourth-order valence-corrected chi connectivity index (χ4v) is 7.79. The van der Waals surface area contributed by atoms with Gasteiger partial charge in [-0.25, -0.2) is 24.7 Å². The number of nitrogens with zero attached hydrogens (tertiary/aromatic N) is 11. The van der Waals surface area contributed by atoms with Gasteiger partial charge in [-0.05, 0) is 79.0 Å². The highest BCUT2D eigenvalue weighted by molar-refractivity contribution is 5.68. The van der Waals surface area contributed by atoms with E-state index in [1.54, 1.807) is 29.7 Å². The number of nitrogens with two attached hydrogens (primary N) is 2. The van der Waals surface area contributed by atoms with Gasteiger partial charge in [0.1, 0.15) is 5.60 Å². The highest BCUT2D eigenvalue weighted by Crippen LogP contribution is 2.41. The molecule has 6 N–H and O–H groups in total. The third-order valence-electron chi connectivity index (χ3n) is 12.6. The van der Waals surface area contributed by atoms with Crippen molar-refractivity contribution in [2.24, 2.45) is 11.8 Å². The summed E-state index contributed by atoms with van der Waals surface area (Å²) in [6.45, 7) is 24.2. The van der Waals surface area contributed by atoms with Gasteiger partial charge < -0.3 is 50.4 Å². The Morgan fingerprint density at radius 2 is 1.01 bits per heavy atom. The van der Waals surface area contributed by atoms with Crippen LogP contribution < -0.4 is 26.6 Å². The summed E-state index contributed by atoms with van der Waals surface area (Å²) >= 11 is 0. The highest BCUT2D eigenvalue weighted by atomic mass is 16.6. The predicted octanol–water partition coefficient (Wildman–Crippen LogP) is 6.95. The SMILES string of the molecule is C.CC(C)C(C)(c1ccc(-c2cnc(N)nc2)cc1)c1nc(N2CCN(C(=O)OC(C)(C)C)CC2)no1.CC(C)C(C)(c1ccc(-c2cnc(N)nc2)cc1)c1nc(N2CCNCC2)no1.O=CO. The van der Waals surface area contributed by atoms with Crippen LogP contribution >= 0.6 is 0 Å². The number of nitrogens with one attached hydrogen (secondary N) is 1. The van der Waals surface area contributed by atoms with E-state index in [1.807, 2.05) is 37.8 Å². The van der Waals surface area contributed by atoms with Crippen LogP contribution in [0.1, 0.15) is 92.6 Å². The van der Waals surface area contributed by atoms with E-state index in [1.165, 1.54) is 0 Å². The number of hydrogen-bond acceptors (Lipinski definition) is 18. The molecule has 2 aliphatic heterocycles. The Labute approximate surface area is 404 Å². The van der Waals surface area contributed by atoms with Crippen molar-refractivity contribution in [1.82, 2.24) is 50.4 Å². The van der Waals surface area contributed by atoms with Crippen LogP contribution in [0.15, 0.2) is 82.4 Å². The molecule has 370 valence electrons. The number of hydrogen-bond donors (Lipinski definition) is 4. The standard InChI is InChI=1S/C26H35N7O3.C21H27N7O.CH2O2.CH4/c1-17(2)26(6,20-9-7-18(8-10-20)19-15-28-22(27)29-16-19)21-30-23(31-36-21)32-11-13-33(14-12-32)24(34)35-25(3,4)5;1-14(2)21(3,18-26-20(27-29-18)28-10-8-23-9-11-28)17-6-4-15(5-7-17)16-12-24-19(22)25-13-16;2-1-3;/h7-10,15-17H,11-14H2,1-6H3,(H2,27,28,29);4-7,12-14,23H,8-11H2,1-3H3,(H2,22,24,25);1H,(H,2,3);1H4. The number of carbonyl (C=O) groups is 2. The molecule has 8 rings (SSSR count). The minimum Gasteiger partial charge on any atom is -0.483 e. The molecular formula is C49H68N14O6. The maximum Gasteiger partial charge on any atom is 0.410 e. The number of ether oxygens (including phenoxy) is 1. The molecule has 69 heavy (non-hydrogen) atoms. The van der Waals surface area contributed by atoms with Crippen molar-refractivity contribution in [2.75, 3.05) is 73.6 Å². The number of nitrogen functional groups attached to an aromatic ring is 2. The lowest BCUT2D eigenvalue weighted by Crippen LogP contribution is -2.50. The average Bonchev–Trinajstić information content (AvgIpc) is 4.04. The molecule has 2 aromatic carbocycles. The molecule has 20 nitrogen and oxygen atoms in total. The fourth-order valence-electron chi connectivity index (χ4n) is 7.79. The second kappa shape index (κ2) is 22.7. The zero-order valence-electron chi connectivity index (χ0n) is 40.4. The van der Waals surface area contributed by atoms with E-state index < -0.39 is 16.4 Å². The van der Waals surface area contributed by atoms with Gasteiger partial charge in [0.15, 0.2) is 0 Å². The summed E-state index contributed by atoms with van der Waals surface area (Å²) in [5.74, 6) is 3.40. The number of anilines is 4. The van der Waals surface area contributed by atoms with Crippen molar-refractivity contribution < 1.29 is 28.5 Å². The van der Waals surface area contributed by atoms with Crippen LogP contribution in [0.2, 0.25) is 0 Å². The molecule has 4 aromatic heterocycles. The van der Waals surface area contributed by atoms with Gasteiger partial charge in [-0.1, -0.05) is 83.7 Å². The van der Waals surface area contributed by atoms with Gasteiger partial charge in [-0.3, -0.25) is 4.79 Å². The fraction of sp³-hybridized carbons (Fsp3) is 0.469. The number of carboxylic acid groups (broad SMARTS) is 1. The first-order valence-corrected chi connectivity index (χ1v) is 22.7. The van der Waals surface area contributed by atoms with E-state index in [2.05, 4.69) is 118 Å². The molecule has 0 aliphatic carbocycles. The van der Waals surface area contributed by atoms with E-state index in [-0.39, 0.29) is 43.7 Å². The molecule has 0 radical (unpaired) electrons. The monoisotopic (exact) mass is 949 g/mol. The molecule has 1 amide bonds. The number of aromatic nitrogens is 8. The van der Waals surface area contributed by atoms with Crippen LogP contribution in [-0.4, -0.2) is 121 Å². The molecule has 2 fully saturated rings. The summed E-state index contributed by atoms with van der Waals surface area (Å²) in [6.07, 6.45) is 6.60. The number of benzene rings is 2. The van der Waals surface area contributed by atoms with Gasteiger partial charge in [0.05, 0.1) is 10.8 Å². The lowest BCUT2D eigenvalue weighted by molar-refractivity contribution is -0.122. The van der Waals surface area contributed by atoms with E-state index >= 15 is 0 Å². The minimum atomic E-state index is -0.515. The molecule has 0 bridgehead atoms. The second-order valence-electron chi connectivity index (χ2n) is 18.6. The summed E-state index contributed by atoms with van der Waals surface area (Å²) in [4.78, 5) is 52.5. The minimum absolute atomic E-state index is 0. The summed E-state index contributed by atoms with van der Waals surface area (Å²) in [5, 5.41) is 18.8. The maximum absolute atomic E-state index is 12.4. The Morgan fingerprint density at radius 1 is 0.652 bits per heavy atom. The lowest BCUT2D eigenvalue weighted by Gasteiger charge is -2.35. The van der Waals surface area contributed by atoms with Crippen LogP contribution in [0, 0.1) is 11.8 Å². The molecular weight excluding hydrogens is 881 g/mol. The number of amides is 1. The zero-order valence-corrected chi connectivity index (χ0v) is 40.4. The van der Waals surface area contributed by atoms with Gasteiger partial charge in [0.2, 0.25) is 23.7 Å². The smallest absolute Gasteiger partial charge is 0.410 e. The van der Waals surface area contributed by atoms with E-state index in [0.717, 1.165) is 59.6 Å². The Balaban J connectivity index is 0.000000245. The normalized spacial score (nSPS) is 15.7. The van der Waals surface area contributed by atoms with E-state index in [0.29, 0.717) is 49.9 Å². The van der Waals surface area contributed by atoms with Crippen LogP contribution in [0.4, 0.5) is 28.6 Å². The topological polar surface area (TPSA) is 267 Å². The van der Waals surface area contributed by atoms with Gasteiger partial charge in [-0.2, -0.15) is 9.97 Å². The van der Waals surface area contributed by atoms with Crippen molar-refractivity contribution in [3.63, 3.8) is 0 Å². The summed E-state index contributed by atoms with van der Waals surface area (Å²) < 4.78 is 17.1. The summed E-state index contributed by atoms with van der Waals surface area (Å²) in [6, 6.07) is 16.6. The number of carbonyl (C=O) groups excluding carboxylic acids is 1. The van der Waals surface area contributed by atoms with Gasteiger partial charge >= 0.3 is 6.09 Å². The van der Waals surface area contributed by atoms with Crippen molar-refractivity contribution in [3.8, 4) is 22.3 Å². The molecule has 20 heteroatoms. The molecule has 2 unspecified atom stereocenters. The summed E-state index contributed by atoms with van der Waals surface area (Å²) in [7, 11) is 0. The first-order chi connectivity index (χ1) is 32.4. The Hall–Kier alpha value is -7.22. The van der Waals surface area contributed by atoms with E-state index in [4.69, 9.17) is 45.1 Å². The molecule has 2 atom stereocenters. The summed E-state index contributed by atoms with van der Waals surface area (Å²) in [5.41, 5.74) is 15.9. The van der Waals surface area contributed by atoms with Crippen LogP contribution in [0.5, 0.6) is 0 Å². The molecule has 2 saturated heterocycles. The Morgan fingerprint density at radius 3 is 1.36 bits per heavy atom. The van der Waals surface area contributed by atoms with Crippen molar-refractivity contribution in [3.05, 3.63) is 96.2 Å². The predicted molar refractivity (Wildman–Crippen MR) is 265 cm³/mol. The molecule has 0 spiro atoms. The highest BCUT2D eigenvalue weighted by Gasteiger charge is 2.40. The van der Waals surface area contributed by atoms with Crippen LogP contribution in [0.3, 0.4) is 0 Å². The average molecular weight is 949 g/mol. The number of piperazine rings is 2. The molecule has 6 aromatic rings. The maximum atomic E-state index is 12.4. The first-order valence-electron chi connectivity index (χ1n) is 22.7. The lowest BCUT2D eigenvalue weighted by atomic mass is 9.73. The first kappa shape index (κ1) is 52.7. The van der Waals surface area contributed by atoms with Gasteiger partial charge in [0.25, 0.3) is 18.4 Å². The molecule has 0 saturated carbocycles. The van der Waals surface area contributed by atoms with Crippen molar-refractivity contribution in [2.45, 2.75) is 86.2 Å². The van der Waals surface area contributed by atoms with Crippen molar-refractivity contribution >= 4 is 36.4 Å². The van der Waals surface area contributed by atoms with Crippen LogP contribution in [0.25, 0.3) is 22.3 Å². The molecule has 6 heterocycles. The Kier molecular flexibility index (Phi) is 17.4. The van der Waals surface area contributed by atoms with E-state index in [9.17, 15) is 4.79 Å². The third-order valence-corrected chi connectivity index (χ3v) is 12.6. The van der Waals surface area contributed by atoms with Gasteiger partial charge in [0, 0.05) is 88.3 Å². The largest absolute Gasteiger partial charge is 0.483 e. The molecule has 2 aliphatic rings.